The standard InChI is InChI=1S/C25H30N2O4/c1-27(14-12-19(13-15-27)18-6-8-21(30-2)9-7-18)16-20(28)17-31-24-5-3-4-23-22(24)10-11-25(29)26-23/h3-11,19-20,28H,12-17H2,1-2H3/p+1. The number of aromatic nitrogens is 1. The van der Waals surface area contributed by atoms with Crippen molar-refractivity contribution in [2.24, 2.45) is 0 Å². The number of nitrogens with one attached hydrogen (secondary N) is 1. The third-order valence-corrected chi connectivity index (χ3v) is 6.43. The van der Waals surface area contributed by atoms with Crippen molar-refractivity contribution in [3.8, 4) is 11.5 Å². The van der Waals surface area contributed by atoms with Gasteiger partial charge in [0.2, 0.25) is 5.56 Å². The molecule has 0 aliphatic carbocycles. The van der Waals surface area contributed by atoms with Crippen LogP contribution in [0, 0.1) is 0 Å². The van der Waals surface area contributed by atoms with Crippen molar-refractivity contribution >= 4 is 10.9 Å². The van der Waals surface area contributed by atoms with E-state index in [0.29, 0.717) is 18.2 Å². The predicted molar refractivity (Wildman–Crippen MR) is 122 cm³/mol. The number of fused-ring (bicyclic) bond motifs is 1. The van der Waals surface area contributed by atoms with Gasteiger partial charge < -0.3 is 24.0 Å². The van der Waals surface area contributed by atoms with Crippen molar-refractivity contribution in [1.29, 1.82) is 0 Å². The number of rotatable bonds is 7. The Morgan fingerprint density at radius 2 is 1.84 bits per heavy atom. The zero-order chi connectivity index (χ0) is 21.8. The highest BCUT2D eigenvalue weighted by molar-refractivity contribution is 5.84. The molecule has 2 N–H and O–H groups in total. The normalized spacial score (nSPS) is 22.2. The largest absolute Gasteiger partial charge is 0.497 e. The molecule has 31 heavy (non-hydrogen) atoms. The van der Waals surface area contributed by atoms with E-state index in [2.05, 4.69) is 24.2 Å². The minimum atomic E-state index is -0.555. The Kier molecular flexibility index (Phi) is 6.30. The smallest absolute Gasteiger partial charge is 0.248 e. The second kappa shape index (κ2) is 9.12. The molecule has 4 rings (SSSR count). The fraction of sp³-hybridized carbons (Fsp3) is 0.400. The number of hydrogen-bond donors (Lipinski definition) is 2. The number of aliphatic hydroxyl groups excluding tert-OH is 1. The van der Waals surface area contributed by atoms with Gasteiger partial charge in [0.15, 0.2) is 0 Å². The topological polar surface area (TPSA) is 71.5 Å². The number of hydrogen-bond acceptors (Lipinski definition) is 4. The van der Waals surface area contributed by atoms with Gasteiger partial charge in [-0.2, -0.15) is 0 Å². The molecule has 3 aromatic rings. The molecule has 164 valence electrons. The van der Waals surface area contributed by atoms with Gasteiger partial charge in [0.1, 0.15) is 30.8 Å². The third kappa shape index (κ3) is 5.09. The molecule has 1 aromatic heterocycles. The Labute approximate surface area is 182 Å². The first-order valence-corrected chi connectivity index (χ1v) is 10.9. The van der Waals surface area contributed by atoms with Gasteiger partial charge in [-0.3, -0.25) is 4.79 Å². The number of H-pyrrole nitrogens is 1. The maximum absolute atomic E-state index is 11.5. The number of piperidine rings is 1. The molecular weight excluding hydrogens is 392 g/mol. The number of likely N-dealkylation sites (N-methyl/N-ethyl adjacent to an activating group) is 1. The maximum Gasteiger partial charge on any atom is 0.248 e. The molecule has 0 bridgehead atoms. The Hall–Kier alpha value is -2.83. The lowest BCUT2D eigenvalue weighted by Crippen LogP contribution is -2.54. The van der Waals surface area contributed by atoms with E-state index in [1.54, 1.807) is 13.2 Å². The molecule has 1 fully saturated rings. The summed E-state index contributed by atoms with van der Waals surface area (Å²) in [4.78, 5) is 14.3. The predicted octanol–water partition coefficient (Wildman–Crippen LogP) is 3.30. The summed E-state index contributed by atoms with van der Waals surface area (Å²) in [5.74, 6) is 2.12. The van der Waals surface area contributed by atoms with Crippen LogP contribution in [-0.2, 0) is 0 Å². The summed E-state index contributed by atoms with van der Waals surface area (Å²) in [6, 6.07) is 17.2. The quantitative estimate of drug-likeness (QED) is 0.572. The van der Waals surface area contributed by atoms with E-state index in [9.17, 15) is 9.90 Å². The molecule has 0 amide bonds. The SMILES string of the molecule is COc1ccc(C2CC[N+](C)(CC(O)COc3cccc4[nH]c(=O)ccc34)CC2)cc1. The monoisotopic (exact) mass is 423 g/mol. The average Bonchev–Trinajstić information content (AvgIpc) is 2.78. The summed E-state index contributed by atoms with van der Waals surface area (Å²) >= 11 is 0. The number of ether oxygens (including phenoxy) is 2. The van der Waals surface area contributed by atoms with Crippen molar-refractivity contribution < 1.29 is 19.1 Å². The number of nitrogens with zero attached hydrogens (tertiary/aromatic N) is 1. The molecule has 2 aromatic carbocycles. The zero-order valence-electron chi connectivity index (χ0n) is 18.2. The minimum Gasteiger partial charge on any atom is -0.497 e. The van der Waals surface area contributed by atoms with E-state index in [-0.39, 0.29) is 12.2 Å². The first kappa shape index (κ1) is 21.4. The van der Waals surface area contributed by atoms with Crippen molar-refractivity contribution in [2.45, 2.75) is 24.9 Å². The lowest BCUT2D eigenvalue weighted by molar-refractivity contribution is -0.917. The van der Waals surface area contributed by atoms with Gasteiger partial charge in [0.05, 0.1) is 32.8 Å². The average molecular weight is 424 g/mol. The van der Waals surface area contributed by atoms with Crippen molar-refractivity contribution in [2.75, 3.05) is 40.4 Å². The summed E-state index contributed by atoms with van der Waals surface area (Å²) in [5.41, 5.74) is 1.96. The van der Waals surface area contributed by atoms with Gasteiger partial charge >= 0.3 is 0 Å². The van der Waals surface area contributed by atoms with Crippen LogP contribution in [0.4, 0.5) is 0 Å². The molecule has 1 unspecified atom stereocenters. The highest BCUT2D eigenvalue weighted by Gasteiger charge is 2.32. The Bertz CT molecular complexity index is 1070. The van der Waals surface area contributed by atoms with E-state index in [0.717, 1.165) is 47.1 Å². The molecule has 1 atom stereocenters. The summed E-state index contributed by atoms with van der Waals surface area (Å²) in [6.07, 6.45) is 1.65. The number of methoxy groups -OCH3 is 1. The highest BCUT2D eigenvalue weighted by Crippen LogP contribution is 2.32. The van der Waals surface area contributed by atoms with Crippen LogP contribution in [0.2, 0.25) is 0 Å². The molecule has 1 saturated heterocycles. The molecule has 0 spiro atoms. The van der Waals surface area contributed by atoms with E-state index in [1.807, 2.05) is 30.3 Å². The second-order valence-electron chi connectivity index (χ2n) is 8.80. The molecule has 2 heterocycles. The van der Waals surface area contributed by atoms with E-state index >= 15 is 0 Å². The summed E-state index contributed by atoms with van der Waals surface area (Å²) in [5, 5.41) is 11.5. The van der Waals surface area contributed by atoms with Gasteiger partial charge in [0.25, 0.3) is 0 Å². The maximum atomic E-state index is 11.5. The van der Waals surface area contributed by atoms with Crippen molar-refractivity contribution in [1.82, 2.24) is 4.98 Å². The molecular formula is C25H31N2O4+. The third-order valence-electron chi connectivity index (χ3n) is 6.43. The second-order valence-corrected chi connectivity index (χ2v) is 8.80. The number of benzene rings is 2. The van der Waals surface area contributed by atoms with Crippen molar-refractivity contribution in [3.63, 3.8) is 0 Å². The van der Waals surface area contributed by atoms with Gasteiger partial charge in [-0.1, -0.05) is 18.2 Å². The van der Waals surface area contributed by atoms with Crippen LogP contribution in [0.3, 0.4) is 0 Å². The number of likely N-dealkylation sites (tertiary alicyclic amines) is 1. The summed E-state index contributed by atoms with van der Waals surface area (Å²) in [7, 11) is 3.91. The number of pyridine rings is 1. The van der Waals surface area contributed by atoms with E-state index in [4.69, 9.17) is 9.47 Å². The molecule has 6 nitrogen and oxygen atoms in total. The van der Waals surface area contributed by atoms with Crippen LogP contribution >= 0.6 is 0 Å². The summed E-state index contributed by atoms with van der Waals surface area (Å²) in [6.45, 7) is 2.96. The molecule has 0 saturated carbocycles. The Morgan fingerprint density at radius 3 is 2.55 bits per heavy atom. The van der Waals surface area contributed by atoms with E-state index < -0.39 is 6.10 Å². The Balaban J connectivity index is 1.32. The molecule has 1 aliphatic heterocycles. The Morgan fingerprint density at radius 1 is 1.10 bits per heavy atom. The lowest BCUT2D eigenvalue weighted by atomic mass is 9.88. The molecule has 6 heteroatoms. The van der Waals surface area contributed by atoms with Crippen LogP contribution in [0.1, 0.15) is 24.3 Å². The van der Waals surface area contributed by atoms with E-state index in [1.165, 1.54) is 11.6 Å². The number of aromatic amines is 1. The van der Waals surface area contributed by atoms with Crippen molar-refractivity contribution in [3.05, 3.63) is 70.5 Å². The van der Waals surface area contributed by atoms with Crippen LogP contribution in [0.25, 0.3) is 10.9 Å². The van der Waals surface area contributed by atoms with Crippen LogP contribution in [0.15, 0.2) is 59.4 Å². The lowest BCUT2D eigenvalue weighted by Gasteiger charge is -2.41. The van der Waals surface area contributed by atoms with Gasteiger partial charge in [0, 0.05) is 24.3 Å². The van der Waals surface area contributed by atoms with Crippen LogP contribution < -0.4 is 15.0 Å². The summed E-state index contributed by atoms with van der Waals surface area (Å²) < 4.78 is 12.0. The first-order valence-electron chi connectivity index (χ1n) is 10.9. The fourth-order valence-electron chi connectivity index (χ4n) is 4.61. The van der Waals surface area contributed by atoms with Gasteiger partial charge in [-0.05, 0) is 41.8 Å². The zero-order valence-corrected chi connectivity index (χ0v) is 18.2. The number of aliphatic hydroxyl groups is 1. The molecule has 0 radical (unpaired) electrons. The van der Waals surface area contributed by atoms with Gasteiger partial charge in [-0.25, -0.2) is 0 Å². The van der Waals surface area contributed by atoms with Gasteiger partial charge in [-0.15, -0.1) is 0 Å². The van der Waals surface area contributed by atoms with Crippen LogP contribution in [0.5, 0.6) is 11.5 Å². The minimum absolute atomic E-state index is 0.139. The first-order chi connectivity index (χ1) is 15.0. The van der Waals surface area contributed by atoms with Crippen LogP contribution in [-0.4, -0.2) is 61.1 Å². The fourth-order valence-corrected chi connectivity index (χ4v) is 4.61. The highest BCUT2D eigenvalue weighted by atomic mass is 16.5. The number of quaternary nitrogens is 1. The molecule has 1 aliphatic rings.